The summed E-state index contributed by atoms with van der Waals surface area (Å²) < 4.78 is 10.3. The Labute approximate surface area is 134 Å². The number of rotatable bonds is 6. The first-order valence-corrected chi connectivity index (χ1v) is 7.03. The molecule has 0 fully saturated rings. The van der Waals surface area contributed by atoms with Crippen molar-refractivity contribution in [2.45, 2.75) is 13.3 Å². The van der Waals surface area contributed by atoms with E-state index in [9.17, 15) is 4.79 Å². The highest BCUT2D eigenvalue weighted by atomic mass is 16.5. The number of hydrogen-bond acceptors (Lipinski definition) is 6. The van der Waals surface area contributed by atoms with Crippen molar-refractivity contribution in [3.05, 3.63) is 47.5 Å². The third-order valence-corrected chi connectivity index (χ3v) is 3.05. The van der Waals surface area contributed by atoms with E-state index >= 15 is 0 Å². The predicted octanol–water partition coefficient (Wildman–Crippen LogP) is 1.82. The summed E-state index contributed by atoms with van der Waals surface area (Å²) in [5, 5.41) is 3.91. The van der Waals surface area contributed by atoms with Crippen LogP contribution in [0, 0.1) is 0 Å². The van der Waals surface area contributed by atoms with Crippen LogP contribution in [0.15, 0.2) is 35.7 Å². The fourth-order valence-corrected chi connectivity index (χ4v) is 1.78. The van der Waals surface area contributed by atoms with Crippen molar-refractivity contribution in [2.75, 3.05) is 14.2 Å². The van der Waals surface area contributed by atoms with E-state index in [1.807, 2.05) is 6.92 Å². The van der Waals surface area contributed by atoms with Crippen molar-refractivity contribution < 1.29 is 14.3 Å². The van der Waals surface area contributed by atoms with Gasteiger partial charge in [-0.3, -0.25) is 9.78 Å². The maximum absolute atomic E-state index is 11.9. The Morgan fingerprint density at radius 3 is 2.39 bits per heavy atom. The van der Waals surface area contributed by atoms with Gasteiger partial charge in [-0.2, -0.15) is 5.10 Å². The second-order valence-corrected chi connectivity index (χ2v) is 4.59. The molecule has 0 saturated carbocycles. The molecule has 0 saturated heterocycles. The van der Waals surface area contributed by atoms with Gasteiger partial charge in [0, 0.05) is 17.8 Å². The highest BCUT2D eigenvalue weighted by Gasteiger charge is 2.06. The number of ether oxygens (including phenoxy) is 2. The molecule has 120 valence electrons. The number of aryl methyl sites for hydroxylation is 1. The molecule has 2 aromatic rings. The first-order valence-electron chi connectivity index (χ1n) is 7.03. The third-order valence-electron chi connectivity index (χ3n) is 3.05. The van der Waals surface area contributed by atoms with Crippen LogP contribution in [0.2, 0.25) is 0 Å². The Balaban J connectivity index is 2.04. The van der Waals surface area contributed by atoms with Crippen molar-refractivity contribution in [1.29, 1.82) is 0 Å². The summed E-state index contributed by atoms with van der Waals surface area (Å²) in [6.07, 6.45) is 5.27. The molecule has 0 atom stereocenters. The van der Waals surface area contributed by atoms with Gasteiger partial charge >= 0.3 is 0 Å². The van der Waals surface area contributed by atoms with Gasteiger partial charge in [0.2, 0.25) is 0 Å². The average molecular weight is 314 g/mol. The lowest BCUT2D eigenvalue weighted by Crippen LogP contribution is -2.19. The number of hydrazone groups is 1. The van der Waals surface area contributed by atoms with Gasteiger partial charge in [0.15, 0.2) is 0 Å². The van der Waals surface area contributed by atoms with Crippen LogP contribution in [0.5, 0.6) is 11.5 Å². The zero-order valence-corrected chi connectivity index (χ0v) is 13.2. The lowest BCUT2D eigenvalue weighted by Gasteiger charge is -2.05. The molecular formula is C16H18N4O3. The number of carbonyl (C=O) groups is 1. The lowest BCUT2D eigenvalue weighted by molar-refractivity contribution is 0.0949. The molecule has 1 heterocycles. The molecule has 7 nitrogen and oxygen atoms in total. The molecule has 0 aliphatic rings. The number of benzene rings is 1. The molecule has 0 radical (unpaired) electrons. The quantitative estimate of drug-likeness (QED) is 0.649. The molecule has 1 amide bonds. The van der Waals surface area contributed by atoms with E-state index < -0.39 is 5.91 Å². The molecule has 0 unspecified atom stereocenters. The van der Waals surface area contributed by atoms with E-state index in [0.29, 0.717) is 11.5 Å². The Hall–Kier alpha value is -2.96. The molecular weight excluding hydrogens is 296 g/mol. The Bertz CT molecular complexity index is 677. The van der Waals surface area contributed by atoms with Gasteiger partial charge in [-0.05, 0) is 18.6 Å². The van der Waals surface area contributed by atoms with Crippen LogP contribution in [0.4, 0.5) is 0 Å². The monoisotopic (exact) mass is 314 g/mol. The molecule has 0 aliphatic heterocycles. The normalized spacial score (nSPS) is 10.6. The summed E-state index contributed by atoms with van der Waals surface area (Å²) in [5.41, 5.74) is 4.17. The van der Waals surface area contributed by atoms with Crippen LogP contribution in [0.3, 0.4) is 0 Å². The number of nitrogens with zero attached hydrogens (tertiary/aromatic N) is 3. The Morgan fingerprint density at radius 2 is 1.87 bits per heavy atom. The molecule has 0 aliphatic carbocycles. The van der Waals surface area contributed by atoms with Crippen molar-refractivity contribution in [1.82, 2.24) is 15.4 Å². The summed E-state index contributed by atoms with van der Waals surface area (Å²) in [6, 6.07) is 5.29. The summed E-state index contributed by atoms with van der Waals surface area (Å²) >= 11 is 0. The zero-order chi connectivity index (χ0) is 16.7. The number of amides is 1. The predicted molar refractivity (Wildman–Crippen MR) is 86.0 cm³/mol. The van der Waals surface area contributed by atoms with Gasteiger partial charge in [0.1, 0.15) is 17.2 Å². The molecule has 0 spiro atoms. The fourth-order valence-electron chi connectivity index (χ4n) is 1.78. The van der Waals surface area contributed by atoms with Crippen molar-refractivity contribution in [3.8, 4) is 11.5 Å². The van der Waals surface area contributed by atoms with E-state index in [0.717, 1.165) is 17.7 Å². The number of carbonyl (C=O) groups excluding carboxylic acids is 1. The molecule has 2 rings (SSSR count). The number of hydrogen-bond donors (Lipinski definition) is 1. The Morgan fingerprint density at radius 1 is 1.17 bits per heavy atom. The number of nitrogens with one attached hydrogen (secondary N) is 1. The third kappa shape index (κ3) is 4.50. The SMILES string of the molecule is CCc1cnc(C(=O)N/N=C/c2cc(OC)cc(OC)c2)cn1. The summed E-state index contributed by atoms with van der Waals surface area (Å²) in [4.78, 5) is 20.1. The van der Waals surface area contributed by atoms with Crippen LogP contribution in [-0.2, 0) is 6.42 Å². The minimum atomic E-state index is -0.425. The lowest BCUT2D eigenvalue weighted by atomic mass is 10.2. The highest BCUT2D eigenvalue weighted by molar-refractivity contribution is 5.92. The van der Waals surface area contributed by atoms with E-state index in [1.165, 1.54) is 12.4 Å². The maximum Gasteiger partial charge on any atom is 0.291 e. The molecule has 1 N–H and O–H groups in total. The van der Waals surface area contributed by atoms with Gasteiger partial charge in [0.25, 0.3) is 5.91 Å². The summed E-state index contributed by atoms with van der Waals surface area (Å²) in [7, 11) is 3.13. The van der Waals surface area contributed by atoms with Crippen LogP contribution in [0.25, 0.3) is 0 Å². The van der Waals surface area contributed by atoms with Gasteiger partial charge in [-0.25, -0.2) is 10.4 Å². The largest absolute Gasteiger partial charge is 0.497 e. The van der Waals surface area contributed by atoms with Crippen molar-refractivity contribution >= 4 is 12.1 Å². The smallest absolute Gasteiger partial charge is 0.291 e. The second-order valence-electron chi connectivity index (χ2n) is 4.59. The van der Waals surface area contributed by atoms with Crippen molar-refractivity contribution in [2.24, 2.45) is 5.10 Å². The number of aromatic nitrogens is 2. The first kappa shape index (κ1) is 16.4. The zero-order valence-electron chi connectivity index (χ0n) is 13.2. The van der Waals surface area contributed by atoms with Crippen LogP contribution in [-0.4, -0.2) is 36.3 Å². The van der Waals surface area contributed by atoms with Gasteiger partial charge in [0.05, 0.1) is 32.3 Å². The van der Waals surface area contributed by atoms with E-state index in [4.69, 9.17) is 9.47 Å². The second kappa shape index (κ2) is 7.88. The molecule has 1 aromatic carbocycles. The first-order chi connectivity index (χ1) is 11.2. The van der Waals surface area contributed by atoms with Crippen LogP contribution in [0.1, 0.15) is 28.7 Å². The fraction of sp³-hybridized carbons (Fsp3) is 0.250. The van der Waals surface area contributed by atoms with Crippen molar-refractivity contribution in [3.63, 3.8) is 0 Å². The van der Waals surface area contributed by atoms with Crippen LogP contribution >= 0.6 is 0 Å². The molecule has 0 bridgehead atoms. The topological polar surface area (TPSA) is 85.7 Å². The standard InChI is InChI=1S/C16H18N4O3/c1-4-12-9-18-15(10-17-12)16(21)20-19-8-11-5-13(22-2)7-14(6-11)23-3/h5-10H,4H2,1-3H3,(H,20,21)/b19-8+. The van der Waals surface area contributed by atoms with Gasteiger partial charge in [-0.1, -0.05) is 6.92 Å². The van der Waals surface area contributed by atoms with Crippen LogP contribution < -0.4 is 14.9 Å². The van der Waals surface area contributed by atoms with E-state index in [1.54, 1.807) is 38.6 Å². The average Bonchev–Trinajstić information content (AvgIpc) is 2.61. The van der Waals surface area contributed by atoms with E-state index in [2.05, 4.69) is 20.5 Å². The molecule has 7 heteroatoms. The summed E-state index contributed by atoms with van der Waals surface area (Å²) in [6.45, 7) is 1.97. The summed E-state index contributed by atoms with van der Waals surface area (Å²) in [5.74, 6) is 0.850. The maximum atomic E-state index is 11.9. The van der Waals surface area contributed by atoms with E-state index in [-0.39, 0.29) is 5.69 Å². The minimum Gasteiger partial charge on any atom is -0.497 e. The highest BCUT2D eigenvalue weighted by Crippen LogP contribution is 2.21. The van der Waals surface area contributed by atoms with Gasteiger partial charge in [-0.15, -0.1) is 0 Å². The molecule has 23 heavy (non-hydrogen) atoms. The Kier molecular flexibility index (Phi) is 5.62. The molecule has 1 aromatic heterocycles. The van der Waals surface area contributed by atoms with Gasteiger partial charge < -0.3 is 9.47 Å². The number of methoxy groups -OCH3 is 2. The minimum absolute atomic E-state index is 0.211.